The largest absolute Gasteiger partial charge is 0.464 e. The van der Waals surface area contributed by atoms with Crippen LogP contribution in [0.1, 0.15) is 17.4 Å². The first kappa shape index (κ1) is 17.6. The average Bonchev–Trinajstić information content (AvgIpc) is 3.13. The van der Waals surface area contributed by atoms with Crippen LogP contribution in [0.3, 0.4) is 0 Å². The number of alkyl halides is 2. The fourth-order valence-electron chi connectivity index (χ4n) is 2.76. The van der Waals surface area contributed by atoms with Crippen molar-refractivity contribution in [1.29, 1.82) is 0 Å². The van der Waals surface area contributed by atoms with Crippen molar-refractivity contribution in [1.82, 2.24) is 5.01 Å². The molecule has 2 aromatic carbocycles. The highest BCUT2D eigenvalue weighted by atomic mass is 35.5. The van der Waals surface area contributed by atoms with Gasteiger partial charge in [0.1, 0.15) is 11.8 Å². The summed E-state index contributed by atoms with van der Waals surface area (Å²) in [6.07, 6.45) is 0.129. The summed E-state index contributed by atoms with van der Waals surface area (Å²) in [6, 6.07) is 15.8. The van der Waals surface area contributed by atoms with E-state index in [1.54, 1.807) is 48.5 Å². The van der Waals surface area contributed by atoms with E-state index in [4.69, 9.17) is 32.4 Å². The van der Waals surface area contributed by atoms with Crippen LogP contribution in [0.25, 0.3) is 11.0 Å². The standard InChI is InChI=1S/C19H12Cl2N2O4/c20-16(21)18(25)23-19(27-17(22-23)11-6-2-1-3-7-11)13-10-26-14-9-5-4-8-12(14)15(13)24/h1-10,16,19H. The maximum absolute atomic E-state index is 12.9. The second-order valence-corrected chi connectivity index (χ2v) is 6.84. The summed E-state index contributed by atoms with van der Waals surface area (Å²) >= 11 is 11.5. The van der Waals surface area contributed by atoms with E-state index in [0.29, 0.717) is 16.5 Å². The van der Waals surface area contributed by atoms with Crippen molar-refractivity contribution < 1.29 is 13.9 Å². The zero-order valence-electron chi connectivity index (χ0n) is 13.7. The van der Waals surface area contributed by atoms with Gasteiger partial charge in [0.2, 0.25) is 17.6 Å². The van der Waals surface area contributed by atoms with E-state index in [1.807, 2.05) is 6.07 Å². The zero-order valence-corrected chi connectivity index (χ0v) is 15.2. The van der Waals surface area contributed by atoms with Gasteiger partial charge in [0, 0.05) is 5.56 Å². The number of hydrogen-bond donors (Lipinski definition) is 0. The molecule has 2 heterocycles. The number of nitrogens with zero attached hydrogens (tertiary/aromatic N) is 2. The third-order valence-electron chi connectivity index (χ3n) is 4.05. The lowest BCUT2D eigenvalue weighted by molar-refractivity contribution is -0.135. The topological polar surface area (TPSA) is 72.1 Å². The number of fused-ring (bicyclic) bond motifs is 1. The minimum Gasteiger partial charge on any atom is -0.464 e. The Balaban J connectivity index is 1.81. The quantitative estimate of drug-likeness (QED) is 0.624. The molecule has 4 rings (SSSR count). The molecule has 3 aromatic rings. The van der Waals surface area contributed by atoms with E-state index < -0.39 is 17.0 Å². The first-order chi connectivity index (χ1) is 13.1. The van der Waals surface area contributed by atoms with E-state index in [1.165, 1.54) is 6.26 Å². The monoisotopic (exact) mass is 402 g/mol. The first-order valence-corrected chi connectivity index (χ1v) is 8.86. The van der Waals surface area contributed by atoms with Crippen molar-refractivity contribution in [3.63, 3.8) is 0 Å². The highest BCUT2D eigenvalue weighted by Gasteiger charge is 2.39. The summed E-state index contributed by atoms with van der Waals surface area (Å²) in [5.74, 6) is -0.530. The minimum absolute atomic E-state index is 0.116. The molecule has 8 heteroatoms. The number of hydrazone groups is 1. The van der Waals surface area contributed by atoms with Crippen LogP contribution in [0.2, 0.25) is 0 Å². The number of hydrogen-bond acceptors (Lipinski definition) is 5. The lowest BCUT2D eigenvalue weighted by Crippen LogP contribution is -2.34. The molecule has 1 aliphatic rings. The van der Waals surface area contributed by atoms with Crippen LogP contribution >= 0.6 is 23.2 Å². The van der Waals surface area contributed by atoms with Gasteiger partial charge in [-0.25, -0.2) is 0 Å². The van der Waals surface area contributed by atoms with Crippen LogP contribution in [-0.2, 0) is 9.53 Å². The molecule has 0 aliphatic carbocycles. The average molecular weight is 403 g/mol. The highest BCUT2D eigenvalue weighted by Crippen LogP contribution is 2.31. The van der Waals surface area contributed by atoms with Crippen LogP contribution in [0, 0.1) is 0 Å². The number of para-hydroxylation sites is 1. The Bertz CT molecular complexity index is 1100. The molecule has 1 aliphatic heterocycles. The van der Waals surface area contributed by atoms with Crippen molar-refractivity contribution in [2.45, 2.75) is 11.1 Å². The lowest BCUT2D eigenvalue weighted by atomic mass is 10.1. The molecule has 1 aromatic heterocycles. The predicted octanol–water partition coefficient (Wildman–Crippen LogP) is 3.82. The molecule has 0 N–H and O–H groups in total. The Morgan fingerprint density at radius 1 is 1.07 bits per heavy atom. The molecule has 6 nitrogen and oxygen atoms in total. The van der Waals surface area contributed by atoms with Crippen molar-refractivity contribution in [3.8, 4) is 0 Å². The molecule has 27 heavy (non-hydrogen) atoms. The predicted molar refractivity (Wildman–Crippen MR) is 102 cm³/mol. The van der Waals surface area contributed by atoms with Crippen molar-refractivity contribution in [2.75, 3.05) is 0 Å². The Kier molecular flexibility index (Phi) is 4.59. The van der Waals surface area contributed by atoms with Crippen molar-refractivity contribution in [2.24, 2.45) is 5.10 Å². The van der Waals surface area contributed by atoms with Gasteiger partial charge in [0.15, 0.2) is 4.84 Å². The van der Waals surface area contributed by atoms with E-state index in [-0.39, 0.29) is 16.9 Å². The molecule has 1 atom stereocenters. The number of amides is 1. The van der Waals surface area contributed by atoms with E-state index in [0.717, 1.165) is 5.01 Å². The first-order valence-electron chi connectivity index (χ1n) is 7.98. The maximum Gasteiger partial charge on any atom is 0.279 e. The van der Waals surface area contributed by atoms with Gasteiger partial charge in [-0.3, -0.25) is 9.59 Å². The van der Waals surface area contributed by atoms with Gasteiger partial charge < -0.3 is 9.15 Å². The molecule has 1 amide bonds. The number of carbonyl (C=O) groups excluding carboxylic acids is 1. The van der Waals surface area contributed by atoms with Gasteiger partial charge in [-0.15, -0.1) is 5.10 Å². The SMILES string of the molecule is O=C(C(Cl)Cl)N1N=C(c2ccccc2)OC1c1coc2ccccc2c1=O. The van der Waals surface area contributed by atoms with Gasteiger partial charge in [0.05, 0.1) is 10.9 Å². The summed E-state index contributed by atoms with van der Waals surface area (Å²) in [5, 5.41) is 5.52. The summed E-state index contributed by atoms with van der Waals surface area (Å²) in [5.41, 5.74) is 0.859. The Morgan fingerprint density at radius 2 is 1.78 bits per heavy atom. The zero-order chi connectivity index (χ0) is 19.0. The van der Waals surface area contributed by atoms with Crippen molar-refractivity contribution in [3.05, 3.63) is 82.2 Å². The Morgan fingerprint density at radius 3 is 2.52 bits per heavy atom. The summed E-state index contributed by atoms with van der Waals surface area (Å²) in [6.45, 7) is 0. The van der Waals surface area contributed by atoms with Gasteiger partial charge >= 0.3 is 0 Å². The third-order valence-corrected chi connectivity index (χ3v) is 4.42. The maximum atomic E-state index is 12.9. The van der Waals surface area contributed by atoms with E-state index >= 15 is 0 Å². The van der Waals surface area contributed by atoms with Gasteiger partial charge in [0.25, 0.3) is 5.91 Å². The molecule has 0 radical (unpaired) electrons. The third kappa shape index (κ3) is 3.18. The number of halogens is 2. The number of benzene rings is 2. The summed E-state index contributed by atoms with van der Waals surface area (Å²) < 4.78 is 11.4. The summed E-state index contributed by atoms with van der Waals surface area (Å²) in [7, 11) is 0. The molecule has 0 bridgehead atoms. The number of rotatable bonds is 3. The molecule has 1 unspecified atom stereocenters. The van der Waals surface area contributed by atoms with Crippen LogP contribution in [0.4, 0.5) is 0 Å². The summed E-state index contributed by atoms with van der Waals surface area (Å²) in [4.78, 5) is 24.0. The lowest BCUT2D eigenvalue weighted by Gasteiger charge is -2.20. The second kappa shape index (κ2) is 7.06. The molecule has 0 fully saturated rings. The molecule has 0 saturated carbocycles. The fourth-order valence-corrected chi connectivity index (χ4v) is 2.96. The Labute approximate surface area is 163 Å². The van der Waals surface area contributed by atoms with Gasteiger partial charge in [-0.2, -0.15) is 5.01 Å². The van der Waals surface area contributed by atoms with Gasteiger partial charge in [-0.1, -0.05) is 53.5 Å². The highest BCUT2D eigenvalue weighted by molar-refractivity contribution is 6.53. The minimum atomic E-state index is -1.36. The molecule has 136 valence electrons. The van der Waals surface area contributed by atoms with E-state index in [9.17, 15) is 9.59 Å². The van der Waals surface area contributed by atoms with Crippen LogP contribution in [0.15, 0.2) is 75.2 Å². The van der Waals surface area contributed by atoms with Crippen LogP contribution in [0.5, 0.6) is 0 Å². The number of ether oxygens (including phenoxy) is 1. The van der Waals surface area contributed by atoms with Gasteiger partial charge in [-0.05, 0) is 24.3 Å². The van der Waals surface area contributed by atoms with Crippen LogP contribution < -0.4 is 5.43 Å². The fraction of sp³-hybridized carbons (Fsp3) is 0.105. The molecular formula is C19H12Cl2N2O4. The molecule has 0 saturated heterocycles. The van der Waals surface area contributed by atoms with Crippen molar-refractivity contribution >= 4 is 46.0 Å². The van der Waals surface area contributed by atoms with Crippen LogP contribution in [-0.4, -0.2) is 21.7 Å². The van der Waals surface area contributed by atoms with E-state index in [2.05, 4.69) is 5.10 Å². The number of carbonyl (C=O) groups is 1. The normalized spacial score (nSPS) is 16.5. The smallest absolute Gasteiger partial charge is 0.279 e. The second-order valence-electron chi connectivity index (χ2n) is 5.74. The molecular weight excluding hydrogens is 391 g/mol. The molecule has 0 spiro atoms. The Hall–Kier alpha value is -2.83.